The Morgan fingerprint density at radius 2 is 2.08 bits per heavy atom. The number of ether oxygens (including phenoxy) is 2. The average molecular weight is 356 g/mol. The van der Waals surface area contributed by atoms with Crippen LogP contribution in [0.2, 0.25) is 0 Å². The molecule has 0 bridgehead atoms. The molecule has 1 aromatic heterocycles. The minimum atomic E-state index is -1.15. The van der Waals surface area contributed by atoms with E-state index in [9.17, 15) is 15.3 Å². The molecule has 1 aliphatic carbocycles. The maximum atomic E-state index is 10.2. The molecule has 1 saturated heterocycles. The van der Waals surface area contributed by atoms with Gasteiger partial charge in [-0.3, -0.25) is 0 Å². The van der Waals surface area contributed by atoms with E-state index in [4.69, 9.17) is 15.2 Å². The molecule has 1 aromatic rings. The van der Waals surface area contributed by atoms with Gasteiger partial charge in [0.15, 0.2) is 12.0 Å². The number of thioether (sulfide) groups is 1. The van der Waals surface area contributed by atoms with Crippen LogP contribution in [0.5, 0.6) is 5.88 Å². The maximum Gasteiger partial charge on any atom is 0.234 e. The van der Waals surface area contributed by atoms with Crippen LogP contribution in [0.15, 0.2) is 4.90 Å². The van der Waals surface area contributed by atoms with E-state index in [-0.39, 0.29) is 12.6 Å². The first-order valence-corrected chi connectivity index (χ1v) is 8.89. The third-order valence-corrected chi connectivity index (χ3v) is 5.48. The van der Waals surface area contributed by atoms with Crippen LogP contribution in [0.25, 0.3) is 0 Å². The Labute approximate surface area is 142 Å². The second kappa shape index (κ2) is 6.19. The quantitative estimate of drug-likeness (QED) is 0.529. The Morgan fingerprint density at radius 1 is 1.29 bits per heavy atom. The molecule has 0 radical (unpaired) electrons. The zero-order chi connectivity index (χ0) is 16.8. The first-order chi connectivity index (χ1) is 11.6. The van der Waals surface area contributed by atoms with Gasteiger partial charge < -0.3 is 35.4 Å². The minimum Gasteiger partial charge on any atom is -0.476 e. The van der Waals surface area contributed by atoms with Crippen molar-refractivity contribution >= 4 is 23.5 Å². The monoisotopic (exact) mass is 356 g/mol. The molecular formula is C14H20N4O5S. The summed E-state index contributed by atoms with van der Waals surface area (Å²) in [6.07, 6.45) is -1.60. The normalized spacial score (nSPS) is 32.2. The number of aromatic nitrogens is 2. The van der Waals surface area contributed by atoms with Gasteiger partial charge in [-0.1, -0.05) is 11.8 Å². The number of aliphatic hydroxyl groups is 3. The van der Waals surface area contributed by atoms with E-state index in [2.05, 4.69) is 9.97 Å². The van der Waals surface area contributed by atoms with Crippen molar-refractivity contribution in [2.24, 2.45) is 5.92 Å². The third-order valence-electron chi connectivity index (χ3n) is 4.43. The van der Waals surface area contributed by atoms with E-state index in [0.717, 1.165) is 4.90 Å². The Hall–Kier alpha value is -1.33. The molecular weight excluding hydrogens is 336 g/mol. The van der Waals surface area contributed by atoms with Gasteiger partial charge in [0.05, 0.1) is 19.1 Å². The van der Waals surface area contributed by atoms with Gasteiger partial charge in [-0.15, -0.1) is 0 Å². The van der Waals surface area contributed by atoms with Crippen LogP contribution in [0.3, 0.4) is 0 Å². The lowest BCUT2D eigenvalue weighted by atomic mass is 10.1. The molecule has 0 amide bonds. The smallest absolute Gasteiger partial charge is 0.234 e. The molecule has 4 rings (SSSR count). The average Bonchev–Trinajstić information content (AvgIpc) is 3.24. The van der Waals surface area contributed by atoms with Crippen molar-refractivity contribution in [2.45, 2.75) is 42.3 Å². The summed E-state index contributed by atoms with van der Waals surface area (Å²) < 4.78 is 11.4. The van der Waals surface area contributed by atoms with Crippen molar-refractivity contribution in [3.8, 4) is 5.88 Å². The van der Waals surface area contributed by atoms with Crippen LogP contribution in [-0.4, -0.2) is 68.9 Å². The SMILES string of the molecule is Nc1nc(OCC2CC2)c2c(n1)N([C@@H]1O[C@H](CO)[C@@H](O)[C@H]1O)CS2. The van der Waals surface area contributed by atoms with Crippen molar-refractivity contribution in [2.75, 3.05) is 29.7 Å². The largest absolute Gasteiger partial charge is 0.476 e. The second-order valence-electron chi connectivity index (χ2n) is 6.27. The fourth-order valence-corrected chi connectivity index (χ4v) is 3.92. The van der Waals surface area contributed by atoms with Gasteiger partial charge in [0, 0.05) is 0 Å². The van der Waals surface area contributed by atoms with E-state index in [1.165, 1.54) is 24.6 Å². The minimum absolute atomic E-state index is 0.0822. The predicted molar refractivity (Wildman–Crippen MR) is 85.6 cm³/mol. The number of hydrogen-bond donors (Lipinski definition) is 4. The maximum absolute atomic E-state index is 10.2. The van der Waals surface area contributed by atoms with Crippen molar-refractivity contribution in [3.63, 3.8) is 0 Å². The molecule has 3 aliphatic rings. The fraction of sp³-hybridized carbons (Fsp3) is 0.714. The van der Waals surface area contributed by atoms with E-state index in [1.54, 1.807) is 4.90 Å². The van der Waals surface area contributed by atoms with Crippen LogP contribution in [0.4, 0.5) is 11.8 Å². The Kier molecular flexibility index (Phi) is 4.17. The summed E-state index contributed by atoms with van der Waals surface area (Å²) >= 11 is 1.47. The third kappa shape index (κ3) is 2.78. The lowest BCUT2D eigenvalue weighted by Crippen LogP contribution is -2.43. The first-order valence-electron chi connectivity index (χ1n) is 7.90. The number of nitrogens with two attached hydrogens (primary N) is 1. The van der Waals surface area contributed by atoms with E-state index in [0.29, 0.717) is 30.1 Å². The van der Waals surface area contributed by atoms with E-state index >= 15 is 0 Å². The number of aliphatic hydroxyl groups excluding tert-OH is 3. The molecule has 0 spiro atoms. The van der Waals surface area contributed by atoms with E-state index in [1.807, 2.05) is 0 Å². The first kappa shape index (κ1) is 16.2. The van der Waals surface area contributed by atoms with Crippen LogP contribution >= 0.6 is 11.8 Å². The van der Waals surface area contributed by atoms with Crippen LogP contribution in [-0.2, 0) is 4.74 Å². The summed E-state index contributed by atoms with van der Waals surface area (Å²) in [5.41, 5.74) is 5.80. The van der Waals surface area contributed by atoms with Gasteiger partial charge in [-0.2, -0.15) is 9.97 Å². The van der Waals surface area contributed by atoms with Crippen molar-refractivity contribution in [1.82, 2.24) is 9.97 Å². The highest BCUT2D eigenvalue weighted by atomic mass is 32.2. The van der Waals surface area contributed by atoms with Gasteiger partial charge in [0.1, 0.15) is 23.2 Å². The molecule has 0 unspecified atom stereocenters. The summed E-state index contributed by atoms with van der Waals surface area (Å²) in [5.74, 6) is 2.09. The lowest BCUT2D eigenvalue weighted by molar-refractivity contribution is -0.0216. The molecule has 5 N–H and O–H groups in total. The van der Waals surface area contributed by atoms with Gasteiger partial charge in [0.2, 0.25) is 11.8 Å². The van der Waals surface area contributed by atoms with Gasteiger partial charge in [0.25, 0.3) is 0 Å². The van der Waals surface area contributed by atoms with Crippen molar-refractivity contribution < 1.29 is 24.8 Å². The van der Waals surface area contributed by atoms with Crippen LogP contribution in [0.1, 0.15) is 12.8 Å². The molecule has 132 valence electrons. The molecule has 10 heteroatoms. The number of hydrogen-bond acceptors (Lipinski definition) is 10. The van der Waals surface area contributed by atoms with Gasteiger partial charge in [-0.25, -0.2) is 0 Å². The number of nitrogen functional groups attached to an aromatic ring is 1. The fourth-order valence-electron chi connectivity index (χ4n) is 2.86. The second-order valence-corrected chi connectivity index (χ2v) is 7.22. The van der Waals surface area contributed by atoms with Crippen LogP contribution < -0.4 is 15.4 Å². The van der Waals surface area contributed by atoms with Gasteiger partial charge in [-0.05, 0) is 18.8 Å². The standard InChI is InChI=1S/C14H20N4O5S/c15-14-16-11-10(12(17-14)22-4-6-1-2-6)24-5-18(11)13-9(21)8(20)7(3-19)23-13/h6-9,13,19-21H,1-5H2,(H2,15,16,17)/t7-,8-,9-,13-/m1/s1. The topological polar surface area (TPSA) is 134 Å². The zero-order valence-electron chi connectivity index (χ0n) is 12.9. The number of rotatable bonds is 5. The number of nitrogens with zero attached hydrogens (tertiary/aromatic N) is 3. The summed E-state index contributed by atoms with van der Waals surface area (Å²) in [4.78, 5) is 10.9. The van der Waals surface area contributed by atoms with Crippen LogP contribution in [0, 0.1) is 5.92 Å². The number of fused-ring (bicyclic) bond motifs is 1. The van der Waals surface area contributed by atoms with Crippen molar-refractivity contribution in [1.29, 1.82) is 0 Å². The highest BCUT2D eigenvalue weighted by Crippen LogP contribution is 2.45. The van der Waals surface area contributed by atoms with Crippen molar-refractivity contribution in [3.05, 3.63) is 0 Å². The summed E-state index contributed by atoms with van der Waals surface area (Å²) in [7, 11) is 0. The molecule has 24 heavy (non-hydrogen) atoms. The molecule has 0 aromatic carbocycles. The summed E-state index contributed by atoms with van der Waals surface area (Å²) in [5, 5.41) is 29.4. The highest BCUT2D eigenvalue weighted by molar-refractivity contribution is 8.00. The summed E-state index contributed by atoms with van der Waals surface area (Å²) in [6.45, 7) is 0.238. The number of anilines is 2. The van der Waals surface area contributed by atoms with E-state index < -0.39 is 24.5 Å². The molecule has 1 saturated carbocycles. The Balaban J connectivity index is 1.59. The van der Waals surface area contributed by atoms with Gasteiger partial charge >= 0.3 is 0 Å². The highest BCUT2D eigenvalue weighted by Gasteiger charge is 2.47. The zero-order valence-corrected chi connectivity index (χ0v) is 13.7. The predicted octanol–water partition coefficient (Wildman–Crippen LogP) is -0.844. The Bertz CT molecular complexity index is 631. The molecule has 2 fully saturated rings. The summed E-state index contributed by atoms with van der Waals surface area (Å²) in [6, 6.07) is 0. The molecule has 3 heterocycles. The molecule has 9 nitrogen and oxygen atoms in total. The Morgan fingerprint density at radius 3 is 2.75 bits per heavy atom. The molecule has 2 aliphatic heterocycles. The molecule has 4 atom stereocenters. The lowest BCUT2D eigenvalue weighted by Gasteiger charge is -2.27.